The molecule has 2 unspecified atom stereocenters. The van der Waals surface area contributed by atoms with Crippen molar-refractivity contribution in [2.45, 2.75) is 38.4 Å². The van der Waals surface area contributed by atoms with Crippen LogP contribution in [0, 0.1) is 0 Å². The van der Waals surface area contributed by atoms with E-state index in [-0.39, 0.29) is 18.0 Å². The highest BCUT2D eigenvalue weighted by molar-refractivity contribution is 5.82. The van der Waals surface area contributed by atoms with Gasteiger partial charge >= 0.3 is 0 Å². The van der Waals surface area contributed by atoms with Gasteiger partial charge in [-0.3, -0.25) is 9.69 Å². The number of amides is 1. The van der Waals surface area contributed by atoms with Crippen LogP contribution in [0.5, 0.6) is 11.5 Å². The topological polar surface area (TPSA) is 66.1 Å². The van der Waals surface area contributed by atoms with Crippen LogP contribution in [0.1, 0.15) is 36.1 Å². The molecule has 164 valence electrons. The Kier molecular flexibility index (Phi) is 5.80. The van der Waals surface area contributed by atoms with E-state index >= 15 is 0 Å². The van der Waals surface area contributed by atoms with Crippen LogP contribution in [0.2, 0.25) is 0 Å². The second-order valence-electron chi connectivity index (χ2n) is 8.51. The molecule has 31 heavy (non-hydrogen) atoms. The van der Waals surface area contributed by atoms with Crippen molar-refractivity contribution in [3.05, 3.63) is 59.2 Å². The summed E-state index contributed by atoms with van der Waals surface area (Å²) in [5.41, 5.74) is 10.3. The lowest BCUT2D eigenvalue weighted by Crippen LogP contribution is -2.53. The van der Waals surface area contributed by atoms with E-state index in [2.05, 4.69) is 59.1 Å². The van der Waals surface area contributed by atoms with Gasteiger partial charge in [-0.2, -0.15) is 0 Å². The summed E-state index contributed by atoms with van der Waals surface area (Å²) in [7, 11) is 0. The molecular formula is C24H30N4O3. The number of hydrazine groups is 1. The standard InChI is InChI=1S/C24H30N4O3/c1-2-17-3-6-19(7-4-17)20-14-21(26-25-20)24(29)28-11-9-27(10-12-28)15-18-5-8-22-23(13-18)31-16-30-22/h3-8,13,20-21,25-26H,2,9-12,14-16H2,1H3. The number of hydrogen-bond acceptors (Lipinski definition) is 6. The number of nitrogens with zero attached hydrogens (tertiary/aromatic N) is 2. The van der Waals surface area contributed by atoms with Gasteiger partial charge in [-0.1, -0.05) is 37.3 Å². The van der Waals surface area contributed by atoms with Gasteiger partial charge in [-0.05, 0) is 41.7 Å². The van der Waals surface area contributed by atoms with Crippen LogP contribution in [-0.2, 0) is 17.8 Å². The van der Waals surface area contributed by atoms with E-state index in [1.807, 2.05) is 11.0 Å². The third kappa shape index (κ3) is 4.39. The second-order valence-corrected chi connectivity index (χ2v) is 8.51. The molecule has 2 N–H and O–H groups in total. The minimum absolute atomic E-state index is 0.170. The zero-order valence-electron chi connectivity index (χ0n) is 18.0. The van der Waals surface area contributed by atoms with Gasteiger partial charge in [0.25, 0.3) is 0 Å². The van der Waals surface area contributed by atoms with Crippen molar-refractivity contribution < 1.29 is 14.3 Å². The summed E-state index contributed by atoms with van der Waals surface area (Å²) in [6, 6.07) is 14.8. The van der Waals surface area contributed by atoms with E-state index in [1.54, 1.807) is 0 Å². The number of fused-ring (bicyclic) bond motifs is 1. The Morgan fingerprint density at radius 3 is 2.48 bits per heavy atom. The molecule has 2 fully saturated rings. The predicted octanol–water partition coefficient (Wildman–Crippen LogP) is 2.23. The van der Waals surface area contributed by atoms with Gasteiger partial charge in [0, 0.05) is 38.8 Å². The first-order valence-electron chi connectivity index (χ1n) is 11.2. The molecule has 0 aromatic heterocycles. The summed E-state index contributed by atoms with van der Waals surface area (Å²) in [4.78, 5) is 17.4. The van der Waals surface area contributed by atoms with Crippen molar-refractivity contribution in [3.8, 4) is 11.5 Å². The Labute approximate surface area is 183 Å². The number of carbonyl (C=O) groups excluding carboxylic acids is 1. The fourth-order valence-corrected chi connectivity index (χ4v) is 4.57. The van der Waals surface area contributed by atoms with Crippen molar-refractivity contribution in [1.29, 1.82) is 0 Å². The normalized spacial score (nSPS) is 23.3. The first-order chi connectivity index (χ1) is 15.2. The monoisotopic (exact) mass is 422 g/mol. The van der Waals surface area contributed by atoms with Crippen LogP contribution >= 0.6 is 0 Å². The summed E-state index contributed by atoms with van der Waals surface area (Å²) in [5, 5.41) is 0. The van der Waals surface area contributed by atoms with Crippen LogP contribution in [0.15, 0.2) is 42.5 Å². The average Bonchev–Trinajstić information content (AvgIpc) is 3.49. The number of hydrogen-bond donors (Lipinski definition) is 2. The van der Waals surface area contributed by atoms with Crippen molar-refractivity contribution in [2.75, 3.05) is 33.0 Å². The minimum atomic E-state index is -0.170. The van der Waals surface area contributed by atoms with Gasteiger partial charge in [-0.15, -0.1) is 0 Å². The summed E-state index contributed by atoms with van der Waals surface area (Å²) in [6.07, 6.45) is 1.82. The van der Waals surface area contributed by atoms with Crippen LogP contribution in [0.3, 0.4) is 0 Å². The van der Waals surface area contributed by atoms with E-state index in [0.717, 1.165) is 57.1 Å². The van der Waals surface area contributed by atoms with Crippen LogP contribution in [0.25, 0.3) is 0 Å². The first kappa shape index (κ1) is 20.3. The van der Waals surface area contributed by atoms with Crippen LogP contribution < -0.4 is 20.3 Å². The first-order valence-corrected chi connectivity index (χ1v) is 11.2. The minimum Gasteiger partial charge on any atom is -0.454 e. The molecule has 0 saturated carbocycles. The van der Waals surface area contributed by atoms with E-state index in [4.69, 9.17) is 9.47 Å². The third-order valence-corrected chi connectivity index (χ3v) is 6.52. The molecule has 2 saturated heterocycles. The molecule has 0 bridgehead atoms. The highest BCUT2D eigenvalue weighted by atomic mass is 16.7. The summed E-state index contributed by atoms with van der Waals surface area (Å²) < 4.78 is 10.9. The van der Waals surface area contributed by atoms with E-state index in [9.17, 15) is 4.79 Å². The Morgan fingerprint density at radius 2 is 1.71 bits per heavy atom. The number of nitrogens with one attached hydrogen (secondary N) is 2. The highest BCUT2D eigenvalue weighted by Crippen LogP contribution is 2.33. The van der Waals surface area contributed by atoms with Gasteiger partial charge < -0.3 is 14.4 Å². The molecule has 1 amide bonds. The summed E-state index contributed by atoms with van der Waals surface area (Å²) >= 11 is 0. The predicted molar refractivity (Wildman–Crippen MR) is 118 cm³/mol. The highest BCUT2D eigenvalue weighted by Gasteiger charge is 2.34. The molecule has 3 aliphatic rings. The lowest BCUT2D eigenvalue weighted by atomic mass is 9.99. The van der Waals surface area contributed by atoms with Crippen molar-refractivity contribution >= 4 is 5.91 Å². The molecule has 2 aromatic rings. The molecule has 0 spiro atoms. The molecule has 3 aliphatic heterocycles. The Hall–Kier alpha value is -2.61. The molecule has 0 radical (unpaired) electrons. The van der Waals surface area contributed by atoms with Gasteiger partial charge in [0.15, 0.2) is 11.5 Å². The number of ether oxygens (including phenoxy) is 2. The molecule has 0 aliphatic carbocycles. The lowest BCUT2D eigenvalue weighted by Gasteiger charge is -2.35. The summed E-state index contributed by atoms with van der Waals surface area (Å²) in [6.45, 7) is 6.60. The Morgan fingerprint density at radius 1 is 0.968 bits per heavy atom. The quantitative estimate of drug-likeness (QED) is 0.771. The second kappa shape index (κ2) is 8.86. The zero-order chi connectivity index (χ0) is 21.2. The molecular weight excluding hydrogens is 392 g/mol. The van der Waals surface area contributed by atoms with Gasteiger partial charge in [0.2, 0.25) is 12.7 Å². The smallest absolute Gasteiger partial charge is 0.241 e. The molecule has 5 rings (SSSR count). The van der Waals surface area contributed by atoms with E-state index in [0.29, 0.717) is 6.79 Å². The van der Waals surface area contributed by atoms with Gasteiger partial charge in [0.05, 0.1) is 0 Å². The fraction of sp³-hybridized carbons (Fsp3) is 0.458. The fourth-order valence-electron chi connectivity index (χ4n) is 4.57. The molecule has 7 nitrogen and oxygen atoms in total. The van der Waals surface area contributed by atoms with Gasteiger partial charge in [0.1, 0.15) is 6.04 Å². The Balaban J connectivity index is 1.11. The number of rotatable bonds is 5. The van der Waals surface area contributed by atoms with Crippen LogP contribution in [0.4, 0.5) is 0 Å². The molecule has 2 aromatic carbocycles. The summed E-state index contributed by atoms with van der Waals surface area (Å²) in [5.74, 6) is 1.84. The van der Waals surface area contributed by atoms with E-state index in [1.165, 1.54) is 16.7 Å². The van der Waals surface area contributed by atoms with Crippen LogP contribution in [-0.4, -0.2) is 54.7 Å². The largest absolute Gasteiger partial charge is 0.454 e. The number of benzene rings is 2. The number of piperazine rings is 1. The Bertz CT molecular complexity index is 925. The maximum Gasteiger partial charge on any atom is 0.241 e. The van der Waals surface area contributed by atoms with Crippen molar-refractivity contribution in [1.82, 2.24) is 20.7 Å². The molecule has 2 atom stereocenters. The maximum absolute atomic E-state index is 13.0. The maximum atomic E-state index is 13.0. The van der Waals surface area contributed by atoms with E-state index < -0.39 is 0 Å². The SMILES string of the molecule is CCc1ccc(C2CC(C(=O)N3CCN(Cc4ccc5c(c4)OCO5)CC3)NN2)cc1. The molecule has 7 heteroatoms. The van der Waals surface area contributed by atoms with Gasteiger partial charge in [-0.25, -0.2) is 10.9 Å². The third-order valence-electron chi connectivity index (χ3n) is 6.52. The van der Waals surface area contributed by atoms with Crippen molar-refractivity contribution in [2.24, 2.45) is 0 Å². The lowest BCUT2D eigenvalue weighted by molar-refractivity contribution is -0.135. The molecule has 3 heterocycles. The van der Waals surface area contributed by atoms with Crippen molar-refractivity contribution in [3.63, 3.8) is 0 Å². The zero-order valence-corrected chi connectivity index (χ0v) is 18.0. The average molecular weight is 423 g/mol. The number of carbonyl (C=O) groups is 1. The number of aryl methyl sites for hydroxylation is 1.